The molecule has 6 nitrogen and oxygen atoms in total. The number of rotatable bonds is 5. The number of nitrogens with two attached hydrogens (primary N) is 1. The molecular weight excluding hydrogens is 358 g/mol. The van der Waals surface area contributed by atoms with Crippen LogP contribution in [0.15, 0.2) is 27.6 Å². The number of hydrogen-bond acceptors (Lipinski definition) is 4. The predicted octanol–water partition coefficient (Wildman–Crippen LogP) is 0.826. The van der Waals surface area contributed by atoms with Crippen molar-refractivity contribution in [3.63, 3.8) is 0 Å². The Morgan fingerprint density at radius 2 is 2.19 bits per heavy atom. The van der Waals surface area contributed by atoms with Crippen molar-refractivity contribution < 1.29 is 13.2 Å². The number of sulfonamides is 1. The number of hydrogen-bond donors (Lipinski definition) is 3. The Morgan fingerprint density at radius 3 is 2.81 bits per heavy atom. The maximum atomic E-state index is 12.3. The van der Waals surface area contributed by atoms with E-state index in [0.717, 1.165) is 25.9 Å². The summed E-state index contributed by atoms with van der Waals surface area (Å²) in [6.45, 7) is 2.18. The fraction of sp³-hybridized carbons (Fsp3) is 0.462. The van der Waals surface area contributed by atoms with E-state index in [1.807, 2.05) is 0 Å². The van der Waals surface area contributed by atoms with Gasteiger partial charge in [0.15, 0.2) is 0 Å². The molecule has 1 aromatic rings. The predicted molar refractivity (Wildman–Crippen MR) is 83.4 cm³/mol. The van der Waals surface area contributed by atoms with Gasteiger partial charge in [0, 0.05) is 16.6 Å². The molecule has 0 aromatic heterocycles. The summed E-state index contributed by atoms with van der Waals surface area (Å²) in [4.78, 5) is 11.3. The number of benzene rings is 1. The number of amides is 1. The van der Waals surface area contributed by atoms with Crippen molar-refractivity contribution in [2.24, 2.45) is 11.7 Å². The minimum absolute atomic E-state index is 0.0365. The van der Waals surface area contributed by atoms with Gasteiger partial charge in [-0.1, -0.05) is 15.9 Å². The third-order valence-corrected chi connectivity index (χ3v) is 5.29. The first kappa shape index (κ1) is 16.4. The zero-order valence-electron chi connectivity index (χ0n) is 11.4. The third kappa shape index (κ3) is 4.50. The molecule has 0 spiro atoms. The van der Waals surface area contributed by atoms with E-state index < -0.39 is 15.9 Å². The Hall–Kier alpha value is -0.960. The topological polar surface area (TPSA) is 101 Å². The molecule has 8 heteroatoms. The van der Waals surface area contributed by atoms with E-state index in [0.29, 0.717) is 11.0 Å². The fourth-order valence-corrected chi connectivity index (χ4v) is 4.10. The number of carbonyl (C=O) groups is 1. The monoisotopic (exact) mass is 375 g/mol. The smallest absolute Gasteiger partial charge is 0.248 e. The highest BCUT2D eigenvalue weighted by atomic mass is 79.9. The second kappa shape index (κ2) is 6.87. The molecule has 4 N–H and O–H groups in total. The lowest BCUT2D eigenvalue weighted by atomic mass is 10.0. The van der Waals surface area contributed by atoms with Crippen molar-refractivity contribution in [1.82, 2.24) is 10.0 Å². The number of primary amides is 1. The van der Waals surface area contributed by atoms with E-state index in [1.165, 1.54) is 18.2 Å². The number of piperidine rings is 1. The van der Waals surface area contributed by atoms with Crippen LogP contribution in [0.4, 0.5) is 0 Å². The van der Waals surface area contributed by atoms with Crippen LogP contribution in [0.1, 0.15) is 23.2 Å². The van der Waals surface area contributed by atoms with Crippen LogP contribution in [-0.4, -0.2) is 34.0 Å². The van der Waals surface area contributed by atoms with E-state index >= 15 is 0 Å². The van der Waals surface area contributed by atoms with Crippen LogP contribution in [0.5, 0.6) is 0 Å². The van der Waals surface area contributed by atoms with Gasteiger partial charge in [-0.05, 0) is 50.0 Å². The third-order valence-electron chi connectivity index (χ3n) is 3.43. The van der Waals surface area contributed by atoms with E-state index in [4.69, 9.17) is 5.73 Å². The van der Waals surface area contributed by atoms with Gasteiger partial charge in [-0.25, -0.2) is 13.1 Å². The molecule has 1 saturated heterocycles. The van der Waals surface area contributed by atoms with Crippen molar-refractivity contribution in [2.45, 2.75) is 17.7 Å². The molecule has 1 aliphatic rings. The fourth-order valence-electron chi connectivity index (χ4n) is 2.27. The van der Waals surface area contributed by atoms with Crippen LogP contribution in [0.2, 0.25) is 0 Å². The lowest BCUT2D eigenvalue weighted by molar-refractivity contribution is 0.1000. The molecule has 1 amide bonds. The van der Waals surface area contributed by atoms with Crippen LogP contribution >= 0.6 is 15.9 Å². The van der Waals surface area contributed by atoms with Crippen LogP contribution in [0, 0.1) is 5.92 Å². The highest BCUT2D eigenvalue weighted by Gasteiger charge is 2.20. The molecular formula is C13H18BrN3O3S. The minimum Gasteiger partial charge on any atom is -0.366 e. The lowest BCUT2D eigenvalue weighted by Gasteiger charge is -2.22. The molecule has 21 heavy (non-hydrogen) atoms. The average Bonchev–Trinajstić information content (AvgIpc) is 2.45. The molecule has 1 atom stereocenters. The molecule has 1 unspecified atom stereocenters. The van der Waals surface area contributed by atoms with Gasteiger partial charge < -0.3 is 11.1 Å². The molecule has 0 aliphatic carbocycles. The molecule has 0 radical (unpaired) electrons. The van der Waals surface area contributed by atoms with Gasteiger partial charge in [0.2, 0.25) is 15.9 Å². The summed E-state index contributed by atoms with van der Waals surface area (Å²) >= 11 is 3.19. The zero-order valence-corrected chi connectivity index (χ0v) is 13.8. The lowest BCUT2D eigenvalue weighted by Crippen LogP contribution is -2.38. The van der Waals surface area contributed by atoms with Gasteiger partial charge in [0.05, 0.1) is 4.90 Å². The first-order chi connectivity index (χ1) is 9.88. The van der Waals surface area contributed by atoms with E-state index in [2.05, 4.69) is 26.0 Å². The van der Waals surface area contributed by atoms with Crippen LogP contribution in [-0.2, 0) is 10.0 Å². The van der Waals surface area contributed by atoms with Gasteiger partial charge >= 0.3 is 0 Å². The molecule has 1 fully saturated rings. The van der Waals surface area contributed by atoms with Gasteiger partial charge in [-0.3, -0.25) is 4.79 Å². The Morgan fingerprint density at radius 1 is 1.43 bits per heavy atom. The molecule has 116 valence electrons. The minimum atomic E-state index is -3.65. The first-order valence-corrected chi connectivity index (χ1v) is 8.97. The normalized spacial score (nSPS) is 19.4. The standard InChI is InChI=1S/C13H18BrN3O3S/c14-11-4-10(13(15)18)5-12(6-11)21(19,20)17-8-9-2-1-3-16-7-9/h4-6,9,16-17H,1-3,7-8H2,(H2,15,18). The summed E-state index contributed by atoms with van der Waals surface area (Å²) in [6.07, 6.45) is 2.05. The Kier molecular flexibility index (Phi) is 5.37. The summed E-state index contributed by atoms with van der Waals surface area (Å²) < 4.78 is 27.7. The van der Waals surface area contributed by atoms with E-state index in [-0.39, 0.29) is 16.4 Å². The molecule has 1 aromatic carbocycles. The van der Waals surface area contributed by atoms with Crippen molar-refractivity contribution in [3.05, 3.63) is 28.2 Å². The first-order valence-electron chi connectivity index (χ1n) is 6.69. The highest BCUT2D eigenvalue weighted by molar-refractivity contribution is 9.10. The van der Waals surface area contributed by atoms with Gasteiger partial charge in [0.1, 0.15) is 0 Å². The molecule has 2 rings (SSSR count). The van der Waals surface area contributed by atoms with E-state index in [9.17, 15) is 13.2 Å². The van der Waals surface area contributed by atoms with Crippen LogP contribution < -0.4 is 15.8 Å². The van der Waals surface area contributed by atoms with Gasteiger partial charge in [-0.15, -0.1) is 0 Å². The Labute approximate surface area is 132 Å². The summed E-state index contributed by atoms with van der Waals surface area (Å²) in [6, 6.07) is 4.23. The van der Waals surface area contributed by atoms with Crippen molar-refractivity contribution in [1.29, 1.82) is 0 Å². The van der Waals surface area contributed by atoms with E-state index in [1.54, 1.807) is 0 Å². The summed E-state index contributed by atoms with van der Waals surface area (Å²) in [5, 5.41) is 3.24. The van der Waals surface area contributed by atoms with Gasteiger partial charge in [0.25, 0.3) is 0 Å². The molecule has 0 saturated carbocycles. The van der Waals surface area contributed by atoms with Crippen molar-refractivity contribution in [3.8, 4) is 0 Å². The molecule has 1 aliphatic heterocycles. The Bertz CT molecular complexity index is 628. The maximum Gasteiger partial charge on any atom is 0.248 e. The number of halogens is 1. The van der Waals surface area contributed by atoms with Gasteiger partial charge in [-0.2, -0.15) is 0 Å². The summed E-state index contributed by atoms with van der Waals surface area (Å²) in [7, 11) is -3.65. The number of carbonyl (C=O) groups excluding carboxylic acids is 1. The zero-order chi connectivity index (χ0) is 15.5. The highest BCUT2D eigenvalue weighted by Crippen LogP contribution is 2.20. The van der Waals surface area contributed by atoms with Crippen molar-refractivity contribution in [2.75, 3.05) is 19.6 Å². The molecule has 0 bridgehead atoms. The van der Waals surface area contributed by atoms with Crippen LogP contribution in [0.25, 0.3) is 0 Å². The largest absolute Gasteiger partial charge is 0.366 e. The Balaban J connectivity index is 2.13. The number of nitrogens with one attached hydrogen (secondary N) is 2. The second-order valence-corrected chi connectivity index (χ2v) is 7.79. The van der Waals surface area contributed by atoms with Crippen molar-refractivity contribution >= 4 is 31.9 Å². The average molecular weight is 376 g/mol. The van der Waals surface area contributed by atoms with Crippen LogP contribution in [0.3, 0.4) is 0 Å². The summed E-state index contributed by atoms with van der Waals surface area (Å²) in [5.41, 5.74) is 5.36. The molecule has 1 heterocycles. The maximum absolute atomic E-state index is 12.3. The SMILES string of the molecule is NC(=O)c1cc(Br)cc(S(=O)(=O)NCC2CCCNC2)c1. The second-order valence-electron chi connectivity index (χ2n) is 5.10. The quantitative estimate of drug-likeness (QED) is 0.708. The summed E-state index contributed by atoms with van der Waals surface area (Å²) in [5.74, 6) is -0.375.